The first-order chi connectivity index (χ1) is 18.5. The van der Waals surface area contributed by atoms with Crippen molar-refractivity contribution in [1.29, 1.82) is 0 Å². The largest absolute Gasteiger partial charge is 0.496 e. The first-order valence-electron chi connectivity index (χ1n) is 12.8. The van der Waals surface area contributed by atoms with Gasteiger partial charge in [-0.05, 0) is 48.3 Å². The molecular weight excluding hydrogens is 484 g/mol. The molecule has 3 aromatic rings. The van der Waals surface area contributed by atoms with Gasteiger partial charge in [0.1, 0.15) is 17.6 Å². The maximum atomic E-state index is 12.1. The number of carboxylic acid groups (broad SMARTS) is 1. The van der Waals surface area contributed by atoms with Gasteiger partial charge in [-0.1, -0.05) is 36.4 Å². The SMILES string of the molecule is CCOCC1=CC(OC)=C(c2ccc(CC(NCc3[nH]c4ccccc4c3OC)C(=O)O)cc2)C(OC)C1. The molecular formula is C30H36N2O6. The van der Waals surface area contributed by atoms with Crippen molar-refractivity contribution in [2.45, 2.75) is 38.5 Å². The van der Waals surface area contributed by atoms with Gasteiger partial charge in [0.2, 0.25) is 0 Å². The number of aromatic nitrogens is 1. The second-order valence-corrected chi connectivity index (χ2v) is 9.21. The summed E-state index contributed by atoms with van der Waals surface area (Å²) in [6.07, 6.45) is 2.93. The van der Waals surface area contributed by atoms with Crippen LogP contribution in [0.4, 0.5) is 0 Å². The monoisotopic (exact) mass is 520 g/mol. The molecule has 0 saturated heterocycles. The molecule has 1 aromatic heterocycles. The number of ether oxygens (including phenoxy) is 4. The average molecular weight is 521 g/mol. The Labute approximate surface area is 223 Å². The molecule has 1 heterocycles. The third-order valence-corrected chi connectivity index (χ3v) is 6.83. The van der Waals surface area contributed by atoms with Gasteiger partial charge < -0.3 is 29.0 Å². The van der Waals surface area contributed by atoms with Gasteiger partial charge in [-0.25, -0.2) is 0 Å². The quantitative estimate of drug-likeness (QED) is 0.300. The first-order valence-corrected chi connectivity index (χ1v) is 12.8. The highest BCUT2D eigenvalue weighted by Gasteiger charge is 2.26. The molecule has 0 bridgehead atoms. The van der Waals surface area contributed by atoms with Gasteiger partial charge in [-0.15, -0.1) is 0 Å². The number of aromatic amines is 1. The molecule has 0 radical (unpaired) electrons. The first kappa shape index (κ1) is 27.4. The molecule has 0 aliphatic heterocycles. The Kier molecular flexibility index (Phi) is 9.23. The Balaban J connectivity index is 1.49. The fraction of sp³-hybridized carbons (Fsp3) is 0.367. The lowest BCUT2D eigenvalue weighted by Gasteiger charge is -2.27. The standard InChI is InChI=1S/C30H36N2O6/c1-5-38-18-20-15-26(35-2)28(27(16-20)36-3)21-12-10-19(11-13-21)14-24(30(33)34)31-17-25-29(37-4)22-8-6-7-9-23(22)32-25/h6-13,15,24,27,31-32H,5,14,16-18H2,1-4H3,(H,33,34). The van der Waals surface area contributed by atoms with Crippen molar-refractivity contribution in [1.82, 2.24) is 10.3 Å². The van der Waals surface area contributed by atoms with E-state index in [2.05, 4.69) is 10.3 Å². The Morgan fingerprint density at radius 2 is 1.87 bits per heavy atom. The summed E-state index contributed by atoms with van der Waals surface area (Å²) < 4.78 is 22.7. The minimum atomic E-state index is -0.910. The molecule has 2 unspecified atom stereocenters. The summed E-state index contributed by atoms with van der Waals surface area (Å²) in [7, 11) is 4.97. The summed E-state index contributed by atoms with van der Waals surface area (Å²) in [6, 6.07) is 15.0. The Hall–Kier alpha value is -3.59. The van der Waals surface area contributed by atoms with Crippen LogP contribution in [-0.4, -0.2) is 62.7 Å². The number of carbonyl (C=O) groups is 1. The molecule has 1 aliphatic carbocycles. The topological polar surface area (TPSA) is 102 Å². The number of hydrogen-bond acceptors (Lipinski definition) is 6. The van der Waals surface area contributed by atoms with Crippen molar-refractivity contribution in [2.75, 3.05) is 34.5 Å². The zero-order valence-electron chi connectivity index (χ0n) is 22.4. The van der Waals surface area contributed by atoms with E-state index < -0.39 is 12.0 Å². The Bertz CT molecular complexity index is 1310. The average Bonchev–Trinajstić information content (AvgIpc) is 3.31. The van der Waals surface area contributed by atoms with E-state index in [4.69, 9.17) is 18.9 Å². The fourth-order valence-corrected chi connectivity index (χ4v) is 4.91. The zero-order chi connectivity index (χ0) is 27.1. The molecule has 1 aliphatic rings. The molecule has 3 N–H and O–H groups in total. The van der Waals surface area contributed by atoms with Gasteiger partial charge in [0.05, 0.1) is 32.6 Å². The van der Waals surface area contributed by atoms with Crippen molar-refractivity contribution >= 4 is 22.4 Å². The van der Waals surface area contributed by atoms with E-state index in [0.717, 1.165) is 56.8 Å². The van der Waals surface area contributed by atoms with Crippen LogP contribution in [0.3, 0.4) is 0 Å². The van der Waals surface area contributed by atoms with E-state index in [1.807, 2.05) is 61.5 Å². The van der Waals surface area contributed by atoms with E-state index in [9.17, 15) is 9.90 Å². The molecule has 0 spiro atoms. The van der Waals surface area contributed by atoms with E-state index >= 15 is 0 Å². The van der Waals surface area contributed by atoms with Crippen LogP contribution < -0.4 is 10.1 Å². The second kappa shape index (κ2) is 12.8. The van der Waals surface area contributed by atoms with Gasteiger partial charge in [0, 0.05) is 43.2 Å². The molecule has 4 rings (SSSR count). The number of rotatable bonds is 13. The minimum absolute atomic E-state index is 0.156. The van der Waals surface area contributed by atoms with Crippen LogP contribution >= 0.6 is 0 Å². The van der Waals surface area contributed by atoms with Crippen LogP contribution in [0.25, 0.3) is 16.5 Å². The predicted octanol–water partition coefficient (Wildman–Crippen LogP) is 4.70. The summed E-state index contributed by atoms with van der Waals surface area (Å²) in [4.78, 5) is 15.4. The van der Waals surface area contributed by atoms with Gasteiger partial charge >= 0.3 is 5.97 Å². The second-order valence-electron chi connectivity index (χ2n) is 9.21. The number of aliphatic carboxylic acids is 1. The summed E-state index contributed by atoms with van der Waals surface area (Å²) in [6.45, 7) is 3.50. The highest BCUT2D eigenvalue weighted by molar-refractivity contribution is 5.87. The van der Waals surface area contributed by atoms with Crippen LogP contribution in [0.2, 0.25) is 0 Å². The molecule has 0 amide bonds. The van der Waals surface area contributed by atoms with Gasteiger partial charge in [0.25, 0.3) is 0 Å². The van der Waals surface area contributed by atoms with Crippen molar-refractivity contribution in [3.8, 4) is 5.75 Å². The summed E-state index contributed by atoms with van der Waals surface area (Å²) in [5.74, 6) is 0.567. The third kappa shape index (κ3) is 6.10. The number of carboxylic acids is 1. The third-order valence-electron chi connectivity index (χ3n) is 6.83. The summed E-state index contributed by atoms with van der Waals surface area (Å²) in [5, 5.41) is 14.0. The Morgan fingerprint density at radius 1 is 1.11 bits per heavy atom. The lowest BCUT2D eigenvalue weighted by molar-refractivity contribution is -0.139. The van der Waals surface area contributed by atoms with Gasteiger partial charge in [-0.2, -0.15) is 0 Å². The number of methoxy groups -OCH3 is 3. The fourth-order valence-electron chi connectivity index (χ4n) is 4.91. The van der Waals surface area contributed by atoms with E-state index in [1.54, 1.807) is 21.3 Å². The normalized spacial score (nSPS) is 16.4. The zero-order valence-corrected chi connectivity index (χ0v) is 22.4. The van der Waals surface area contributed by atoms with E-state index in [-0.39, 0.29) is 6.10 Å². The van der Waals surface area contributed by atoms with Crippen molar-refractivity contribution in [3.63, 3.8) is 0 Å². The minimum Gasteiger partial charge on any atom is -0.496 e. The van der Waals surface area contributed by atoms with E-state index in [1.165, 1.54) is 0 Å². The lowest BCUT2D eigenvalue weighted by atomic mass is 9.88. The molecule has 2 aromatic carbocycles. The molecule has 8 nitrogen and oxygen atoms in total. The number of H-pyrrole nitrogens is 1. The number of para-hydroxylation sites is 1. The maximum absolute atomic E-state index is 12.1. The number of hydrogen-bond donors (Lipinski definition) is 3. The number of nitrogens with one attached hydrogen (secondary N) is 2. The van der Waals surface area contributed by atoms with E-state index in [0.29, 0.717) is 26.2 Å². The van der Waals surface area contributed by atoms with Gasteiger partial charge in [-0.3, -0.25) is 10.1 Å². The summed E-state index contributed by atoms with van der Waals surface area (Å²) in [5.41, 5.74) is 5.75. The van der Waals surface area contributed by atoms with Crippen molar-refractivity contribution in [3.05, 3.63) is 82.8 Å². The highest BCUT2D eigenvalue weighted by atomic mass is 16.5. The molecule has 2 atom stereocenters. The van der Waals surface area contributed by atoms with Crippen LogP contribution in [0.1, 0.15) is 30.2 Å². The maximum Gasteiger partial charge on any atom is 0.321 e. The number of allylic oxidation sites excluding steroid dienone is 1. The summed E-state index contributed by atoms with van der Waals surface area (Å²) >= 11 is 0. The van der Waals surface area contributed by atoms with Crippen LogP contribution in [0.15, 0.2) is 65.9 Å². The lowest BCUT2D eigenvalue weighted by Crippen LogP contribution is -2.38. The van der Waals surface area contributed by atoms with Crippen LogP contribution in [-0.2, 0) is 32.0 Å². The van der Waals surface area contributed by atoms with Gasteiger partial charge in [0.15, 0.2) is 0 Å². The Morgan fingerprint density at radius 3 is 2.53 bits per heavy atom. The molecule has 0 saturated carbocycles. The predicted molar refractivity (Wildman–Crippen MR) is 147 cm³/mol. The number of fused-ring (bicyclic) bond motifs is 1. The number of benzene rings is 2. The van der Waals surface area contributed by atoms with Crippen LogP contribution in [0, 0.1) is 0 Å². The molecule has 8 heteroatoms. The van der Waals surface area contributed by atoms with Crippen LogP contribution in [0.5, 0.6) is 5.75 Å². The smallest absolute Gasteiger partial charge is 0.321 e. The van der Waals surface area contributed by atoms with Crippen molar-refractivity contribution < 1.29 is 28.8 Å². The van der Waals surface area contributed by atoms with Crippen molar-refractivity contribution in [2.24, 2.45) is 0 Å². The highest BCUT2D eigenvalue weighted by Crippen LogP contribution is 2.34. The molecule has 202 valence electrons. The molecule has 0 fully saturated rings. The molecule has 38 heavy (non-hydrogen) atoms.